The van der Waals surface area contributed by atoms with Gasteiger partial charge in [-0.15, -0.1) is 0 Å². The number of benzene rings is 1. The fourth-order valence-electron chi connectivity index (χ4n) is 3.26. The molecule has 0 aliphatic rings. The van der Waals surface area contributed by atoms with E-state index in [0.29, 0.717) is 36.6 Å². The van der Waals surface area contributed by atoms with Crippen LogP contribution >= 0.6 is 0 Å². The normalized spacial score (nSPS) is 11.2. The molecule has 0 spiro atoms. The molecule has 4 aromatic rings. The van der Waals surface area contributed by atoms with Gasteiger partial charge in [-0.05, 0) is 24.1 Å². The van der Waals surface area contributed by atoms with Crippen molar-refractivity contribution < 1.29 is 4.42 Å². The molecule has 1 N–H and O–H groups in total. The topological polar surface area (TPSA) is 87.0 Å². The standard InChI is InChI=1S/C20H21N5O3/c1-23-16-17(22-19(23)21-13-15-9-6-12-28-15)24(2)20(27)25(18(16)26)11-10-14-7-4-3-5-8-14/h3-9,12H,10-11,13H2,1-2H3,(H,21,22). The van der Waals surface area contributed by atoms with Gasteiger partial charge in [-0.25, -0.2) is 4.79 Å². The molecule has 0 radical (unpaired) electrons. The van der Waals surface area contributed by atoms with Crippen LogP contribution in [0.5, 0.6) is 0 Å². The van der Waals surface area contributed by atoms with Crippen molar-refractivity contribution in [1.29, 1.82) is 0 Å². The van der Waals surface area contributed by atoms with Crippen LogP contribution in [0.4, 0.5) is 5.95 Å². The number of furan rings is 1. The number of hydrogen-bond donors (Lipinski definition) is 1. The van der Waals surface area contributed by atoms with E-state index in [4.69, 9.17) is 4.42 Å². The number of aryl methyl sites for hydroxylation is 3. The largest absolute Gasteiger partial charge is 0.467 e. The second kappa shape index (κ2) is 7.22. The van der Waals surface area contributed by atoms with Gasteiger partial charge in [0.1, 0.15) is 5.76 Å². The lowest BCUT2D eigenvalue weighted by atomic mass is 10.1. The van der Waals surface area contributed by atoms with Crippen molar-refractivity contribution in [1.82, 2.24) is 18.7 Å². The third-order valence-electron chi connectivity index (χ3n) is 4.83. The van der Waals surface area contributed by atoms with Gasteiger partial charge < -0.3 is 14.3 Å². The number of hydrogen-bond acceptors (Lipinski definition) is 5. The minimum atomic E-state index is -0.371. The number of fused-ring (bicyclic) bond motifs is 1. The molecule has 3 heterocycles. The highest BCUT2D eigenvalue weighted by atomic mass is 16.3. The Hall–Kier alpha value is -3.55. The zero-order chi connectivity index (χ0) is 19.7. The Morgan fingerprint density at radius 3 is 2.54 bits per heavy atom. The lowest BCUT2D eigenvalue weighted by Crippen LogP contribution is -2.40. The molecule has 0 unspecified atom stereocenters. The minimum Gasteiger partial charge on any atom is -0.467 e. The summed E-state index contributed by atoms with van der Waals surface area (Å²) >= 11 is 0. The fourth-order valence-corrected chi connectivity index (χ4v) is 3.26. The molecule has 0 bridgehead atoms. The summed E-state index contributed by atoms with van der Waals surface area (Å²) in [5.74, 6) is 1.25. The molecule has 144 valence electrons. The van der Waals surface area contributed by atoms with Crippen LogP contribution in [0.1, 0.15) is 11.3 Å². The predicted molar refractivity (Wildman–Crippen MR) is 106 cm³/mol. The monoisotopic (exact) mass is 379 g/mol. The van der Waals surface area contributed by atoms with Gasteiger partial charge in [0.2, 0.25) is 5.95 Å². The van der Waals surface area contributed by atoms with E-state index >= 15 is 0 Å². The average Bonchev–Trinajstić information content (AvgIpc) is 3.33. The number of rotatable bonds is 6. The highest BCUT2D eigenvalue weighted by molar-refractivity contribution is 5.74. The summed E-state index contributed by atoms with van der Waals surface area (Å²) in [5.41, 5.74) is 1.11. The van der Waals surface area contributed by atoms with Crippen LogP contribution in [0, 0.1) is 0 Å². The predicted octanol–water partition coefficient (Wildman–Crippen LogP) is 1.88. The molecule has 4 rings (SSSR count). The van der Waals surface area contributed by atoms with Crippen molar-refractivity contribution in [3.8, 4) is 0 Å². The maximum Gasteiger partial charge on any atom is 0.332 e. The molecule has 0 aliphatic heterocycles. The quantitative estimate of drug-likeness (QED) is 0.553. The number of nitrogens with zero attached hydrogens (tertiary/aromatic N) is 4. The van der Waals surface area contributed by atoms with Crippen molar-refractivity contribution in [2.24, 2.45) is 14.1 Å². The van der Waals surface area contributed by atoms with Gasteiger partial charge in [0, 0.05) is 20.6 Å². The average molecular weight is 379 g/mol. The molecule has 1 aromatic carbocycles. The summed E-state index contributed by atoms with van der Waals surface area (Å²) in [6.45, 7) is 0.742. The first kappa shape index (κ1) is 17.8. The second-order valence-electron chi connectivity index (χ2n) is 6.63. The third kappa shape index (κ3) is 3.13. The van der Waals surface area contributed by atoms with Gasteiger partial charge in [0.25, 0.3) is 5.56 Å². The molecule has 28 heavy (non-hydrogen) atoms. The molecule has 0 saturated carbocycles. The van der Waals surface area contributed by atoms with E-state index in [1.807, 2.05) is 36.4 Å². The zero-order valence-electron chi connectivity index (χ0n) is 15.8. The molecular formula is C20H21N5O3. The summed E-state index contributed by atoms with van der Waals surface area (Å²) in [5, 5.41) is 3.15. The summed E-state index contributed by atoms with van der Waals surface area (Å²) in [4.78, 5) is 30.2. The Kier molecular flexibility index (Phi) is 4.60. The number of anilines is 1. The van der Waals surface area contributed by atoms with Crippen LogP contribution in [0.3, 0.4) is 0 Å². The van der Waals surface area contributed by atoms with E-state index in [1.54, 1.807) is 31.0 Å². The van der Waals surface area contributed by atoms with Gasteiger partial charge >= 0.3 is 5.69 Å². The summed E-state index contributed by atoms with van der Waals surface area (Å²) in [7, 11) is 3.39. The Bertz CT molecular complexity index is 1220. The van der Waals surface area contributed by atoms with Crippen molar-refractivity contribution >= 4 is 17.1 Å². The molecule has 8 nitrogen and oxygen atoms in total. The second-order valence-corrected chi connectivity index (χ2v) is 6.63. The molecule has 0 fully saturated rings. The van der Waals surface area contributed by atoms with Crippen LogP contribution in [-0.2, 0) is 33.6 Å². The Morgan fingerprint density at radius 2 is 1.82 bits per heavy atom. The Morgan fingerprint density at radius 1 is 1.04 bits per heavy atom. The smallest absolute Gasteiger partial charge is 0.332 e. The SMILES string of the molecule is Cn1c(NCc2ccco2)nc2c1c(=O)n(CCc1ccccc1)c(=O)n2C. The summed E-state index contributed by atoms with van der Waals surface area (Å²) in [6, 6.07) is 13.4. The van der Waals surface area contributed by atoms with E-state index in [1.165, 1.54) is 9.13 Å². The Balaban J connectivity index is 1.70. The van der Waals surface area contributed by atoms with Crippen LogP contribution in [0.15, 0.2) is 62.7 Å². The van der Waals surface area contributed by atoms with Gasteiger partial charge in [0.15, 0.2) is 11.2 Å². The van der Waals surface area contributed by atoms with E-state index in [2.05, 4.69) is 10.3 Å². The molecule has 0 aliphatic carbocycles. The summed E-state index contributed by atoms with van der Waals surface area (Å²) < 4.78 is 9.68. The fraction of sp³-hybridized carbons (Fsp3) is 0.250. The number of imidazole rings is 1. The molecule has 0 atom stereocenters. The van der Waals surface area contributed by atoms with Crippen LogP contribution in [0.2, 0.25) is 0 Å². The van der Waals surface area contributed by atoms with Gasteiger partial charge in [-0.1, -0.05) is 30.3 Å². The summed E-state index contributed by atoms with van der Waals surface area (Å²) in [6.07, 6.45) is 2.20. The van der Waals surface area contributed by atoms with Crippen LogP contribution in [-0.4, -0.2) is 18.7 Å². The minimum absolute atomic E-state index is 0.311. The first-order chi connectivity index (χ1) is 13.6. The molecular weight excluding hydrogens is 358 g/mol. The first-order valence-corrected chi connectivity index (χ1v) is 9.02. The van der Waals surface area contributed by atoms with Gasteiger partial charge in [-0.3, -0.25) is 13.9 Å². The highest BCUT2D eigenvalue weighted by Crippen LogP contribution is 2.14. The highest BCUT2D eigenvalue weighted by Gasteiger charge is 2.18. The van der Waals surface area contributed by atoms with Gasteiger partial charge in [-0.2, -0.15) is 4.98 Å². The maximum atomic E-state index is 13.0. The third-order valence-corrected chi connectivity index (χ3v) is 4.83. The van der Waals surface area contributed by atoms with Crippen molar-refractivity contribution in [3.63, 3.8) is 0 Å². The van der Waals surface area contributed by atoms with Crippen molar-refractivity contribution in [2.45, 2.75) is 19.5 Å². The van der Waals surface area contributed by atoms with Crippen LogP contribution in [0.25, 0.3) is 11.2 Å². The van der Waals surface area contributed by atoms with Crippen molar-refractivity contribution in [2.75, 3.05) is 5.32 Å². The Labute approximate surface area is 160 Å². The van der Waals surface area contributed by atoms with E-state index < -0.39 is 0 Å². The van der Waals surface area contributed by atoms with Gasteiger partial charge in [0.05, 0.1) is 12.8 Å². The molecule has 0 amide bonds. The first-order valence-electron chi connectivity index (χ1n) is 9.02. The zero-order valence-corrected chi connectivity index (χ0v) is 15.8. The van der Waals surface area contributed by atoms with Crippen LogP contribution < -0.4 is 16.6 Å². The molecule has 0 saturated heterocycles. The van der Waals surface area contributed by atoms with Crippen molar-refractivity contribution in [3.05, 3.63) is 80.9 Å². The number of aromatic nitrogens is 4. The molecule has 3 aromatic heterocycles. The maximum absolute atomic E-state index is 13.0. The lowest BCUT2D eigenvalue weighted by Gasteiger charge is -2.08. The lowest BCUT2D eigenvalue weighted by molar-refractivity contribution is 0.517. The van der Waals surface area contributed by atoms with E-state index in [9.17, 15) is 9.59 Å². The van der Waals surface area contributed by atoms with E-state index in [0.717, 1.165) is 11.3 Å². The molecule has 8 heteroatoms. The van der Waals surface area contributed by atoms with E-state index in [-0.39, 0.29) is 11.2 Å². The number of nitrogens with one attached hydrogen (secondary N) is 1.